The second-order valence-electron chi connectivity index (χ2n) is 4.50. The van der Waals surface area contributed by atoms with E-state index in [-0.39, 0.29) is 6.04 Å². The van der Waals surface area contributed by atoms with Gasteiger partial charge in [0.1, 0.15) is 5.69 Å². The number of benzene rings is 1. The van der Waals surface area contributed by atoms with E-state index in [4.69, 9.17) is 0 Å². The highest BCUT2D eigenvalue weighted by atomic mass is 79.9. The van der Waals surface area contributed by atoms with Gasteiger partial charge in [-0.15, -0.1) is 0 Å². The average molecular weight is 387 g/mol. The molecule has 0 unspecified atom stereocenters. The second kappa shape index (κ2) is 5.51. The monoisotopic (exact) mass is 385 g/mol. The van der Waals surface area contributed by atoms with Crippen LogP contribution in [0.4, 0.5) is 0 Å². The molecule has 0 atom stereocenters. The SMILES string of the molecule is CC(C)n1c(C(=O)O)ccc1-c1ccc(Br)cc1Br. The summed E-state index contributed by atoms with van der Waals surface area (Å²) in [6.45, 7) is 3.95. The van der Waals surface area contributed by atoms with Gasteiger partial charge in [-0.05, 0) is 38.1 Å². The van der Waals surface area contributed by atoms with Crippen LogP contribution >= 0.6 is 31.9 Å². The predicted octanol–water partition coefficient (Wildman–Crippen LogP) is 4.96. The van der Waals surface area contributed by atoms with Gasteiger partial charge < -0.3 is 9.67 Å². The topological polar surface area (TPSA) is 42.2 Å². The van der Waals surface area contributed by atoms with Gasteiger partial charge in [0.15, 0.2) is 0 Å². The number of rotatable bonds is 3. The largest absolute Gasteiger partial charge is 0.477 e. The Hall–Kier alpha value is -1.07. The molecule has 19 heavy (non-hydrogen) atoms. The molecule has 0 saturated carbocycles. The number of carboxylic acids is 1. The van der Waals surface area contributed by atoms with E-state index < -0.39 is 5.97 Å². The molecule has 1 aromatic heterocycles. The van der Waals surface area contributed by atoms with Crippen LogP contribution in [0.25, 0.3) is 11.3 Å². The number of aromatic carboxylic acids is 1. The van der Waals surface area contributed by atoms with Crippen molar-refractivity contribution < 1.29 is 9.90 Å². The van der Waals surface area contributed by atoms with E-state index in [0.717, 1.165) is 20.2 Å². The standard InChI is InChI=1S/C14H13Br2NO2/c1-8(2)17-12(5-6-13(17)14(18)19)10-4-3-9(15)7-11(10)16/h3-8H,1-2H3,(H,18,19). The third kappa shape index (κ3) is 2.77. The third-order valence-corrected chi connectivity index (χ3v) is 4.01. The normalized spacial score (nSPS) is 11.0. The van der Waals surface area contributed by atoms with Gasteiger partial charge in [-0.2, -0.15) is 0 Å². The number of hydrogen-bond donors (Lipinski definition) is 1. The summed E-state index contributed by atoms with van der Waals surface area (Å²) >= 11 is 6.94. The number of halogens is 2. The van der Waals surface area contributed by atoms with E-state index in [2.05, 4.69) is 31.9 Å². The lowest BCUT2D eigenvalue weighted by Gasteiger charge is -2.16. The molecular formula is C14H13Br2NO2. The van der Waals surface area contributed by atoms with Crippen LogP contribution in [0, 0.1) is 0 Å². The Morgan fingerprint density at radius 3 is 2.42 bits per heavy atom. The fourth-order valence-corrected chi connectivity index (χ4v) is 3.35. The summed E-state index contributed by atoms with van der Waals surface area (Å²) in [7, 11) is 0. The van der Waals surface area contributed by atoms with Gasteiger partial charge in [0.25, 0.3) is 0 Å². The Balaban J connectivity index is 2.65. The van der Waals surface area contributed by atoms with Crippen molar-refractivity contribution in [1.82, 2.24) is 4.57 Å². The lowest BCUT2D eigenvalue weighted by molar-refractivity contribution is 0.0683. The highest BCUT2D eigenvalue weighted by molar-refractivity contribution is 9.11. The molecule has 0 aliphatic heterocycles. The van der Waals surface area contributed by atoms with E-state index in [0.29, 0.717) is 5.69 Å². The quantitative estimate of drug-likeness (QED) is 0.809. The number of carbonyl (C=O) groups is 1. The summed E-state index contributed by atoms with van der Waals surface area (Å²) in [4.78, 5) is 11.3. The Kier molecular flexibility index (Phi) is 4.16. The number of nitrogens with zero attached hydrogens (tertiary/aromatic N) is 1. The van der Waals surface area contributed by atoms with E-state index in [9.17, 15) is 9.90 Å². The Morgan fingerprint density at radius 2 is 1.89 bits per heavy atom. The molecule has 3 nitrogen and oxygen atoms in total. The van der Waals surface area contributed by atoms with Crippen LogP contribution in [-0.4, -0.2) is 15.6 Å². The maximum Gasteiger partial charge on any atom is 0.352 e. The lowest BCUT2D eigenvalue weighted by Crippen LogP contribution is -2.11. The van der Waals surface area contributed by atoms with Crippen LogP contribution in [-0.2, 0) is 0 Å². The summed E-state index contributed by atoms with van der Waals surface area (Å²) < 4.78 is 3.74. The fourth-order valence-electron chi connectivity index (χ4n) is 2.10. The van der Waals surface area contributed by atoms with E-state index in [1.165, 1.54) is 0 Å². The molecule has 1 N–H and O–H groups in total. The maximum absolute atomic E-state index is 11.3. The molecule has 0 aliphatic carbocycles. The summed E-state index contributed by atoms with van der Waals surface area (Å²) in [6, 6.07) is 9.43. The van der Waals surface area contributed by atoms with Gasteiger partial charge in [-0.3, -0.25) is 0 Å². The first-order chi connectivity index (χ1) is 8.91. The van der Waals surface area contributed by atoms with Crippen molar-refractivity contribution in [3.05, 3.63) is 45.0 Å². The zero-order valence-corrected chi connectivity index (χ0v) is 13.7. The molecule has 0 saturated heterocycles. The van der Waals surface area contributed by atoms with Crippen LogP contribution in [0.15, 0.2) is 39.3 Å². The van der Waals surface area contributed by atoms with Crippen LogP contribution in [0.3, 0.4) is 0 Å². The molecule has 0 aliphatic rings. The average Bonchev–Trinajstić information content (AvgIpc) is 2.73. The van der Waals surface area contributed by atoms with E-state index in [1.807, 2.05) is 42.7 Å². The molecule has 0 fully saturated rings. The molecule has 0 amide bonds. The van der Waals surface area contributed by atoms with Crippen molar-refractivity contribution in [2.75, 3.05) is 0 Å². The number of aromatic nitrogens is 1. The summed E-state index contributed by atoms with van der Waals surface area (Å²) in [5, 5.41) is 9.25. The van der Waals surface area contributed by atoms with E-state index >= 15 is 0 Å². The highest BCUT2D eigenvalue weighted by Gasteiger charge is 2.18. The van der Waals surface area contributed by atoms with Crippen molar-refractivity contribution in [2.24, 2.45) is 0 Å². The van der Waals surface area contributed by atoms with Gasteiger partial charge >= 0.3 is 5.97 Å². The van der Waals surface area contributed by atoms with Crippen LogP contribution < -0.4 is 0 Å². The van der Waals surface area contributed by atoms with Crippen LogP contribution in [0.5, 0.6) is 0 Å². The molecule has 0 spiro atoms. The van der Waals surface area contributed by atoms with Crippen molar-refractivity contribution in [1.29, 1.82) is 0 Å². The molecule has 1 heterocycles. The van der Waals surface area contributed by atoms with Crippen LogP contribution in [0.2, 0.25) is 0 Å². The smallest absolute Gasteiger partial charge is 0.352 e. The third-order valence-electron chi connectivity index (χ3n) is 2.86. The van der Waals surface area contributed by atoms with Crippen molar-refractivity contribution in [3.8, 4) is 11.3 Å². The van der Waals surface area contributed by atoms with Crippen LogP contribution in [0.1, 0.15) is 30.4 Å². The van der Waals surface area contributed by atoms with Gasteiger partial charge in [-0.1, -0.05) is 37.9 Å². The lowest BCUT2D eigenvalue weighted by atomic mass is 10.1. The van der Waals surface area contributed by atoms with Gasteiger partial charge in [0.05, 0.1) is 5.69 Å². The summed E-state index contributed by atoms with van der Waals surface area (Å²) in [6.07, 6.45) is 0. The van der Waals surface area contributed by atoms with Crippen molar-refractivity contribution in [3.63, 3.8) is 0 Å². The summed E-state index contributed by atoms with van der Waals surface area (Å²) in [5.41, 5.74) is 2.18. The molecule has 100 valence electrons. The second-order valence-corrected chi connectivity index (χ2v) is 6.27. The highest BCUT2D eigenvalue weighted by Crippen LogP contribution is 2.33. The summed E-state index contributed by atoms with van der Waals surface area (Å²) in [5.74, 6) is -0.909. The van der Waals surface area contributed by atoms with Gasteiger partial charge in [0, 0.05) is 20.6 Å². The number of hydrogen-bond acceptors (Lipinski definition) is 1. The number of carboxylic acid groups (broad SMARTS) is 1. The molecular weight excluding hydrogens is 374 g/mol. The molecule has 1 aromatic carbocycles. The zero-order chi connectivity index (χ0) is 14.2. The van der Waals surface area contributed by atoms with Crippen molar-refractivity contribution >= 4 is 37.8 Å². The molecule has 2 rings (SSSR count). The molecule has 2 aromatic rings. The first-order valence-electron chi connectivity index (χ1n) is 5.81. The molecule has 0 bridgehead atoms. The fraction of sp³-hybridized carbons (Fsp3) is 0.214. The minimum Gasteiger partial charge on any atom is -0.477 e. The first kappa shape index (κ1) is 14.3. The maximum atomic E-state index is 11.3. The van der Waals surface area contributed by atoms with E-state index in [1.54, 1.807) is 6.07 Å². The first-order valence-corrected chi connectivity index (χ1v) is 7.40. The van der Waals surface area contributed by atoms with Gasteiger partial charge in [-0.25, -0.2) is 4.79 Å². The molecule has 0 radical (unpaired) electrons. The van der Waals surface area contributed by atoms with Crippen molar-refractivity contribution in [2.45, 2.75) is 19.9 Å². The zero-order valence-electron chi connectivity index (χ0n) is 10.5. The minimum atomic E-state index is -0.909. The van der Waals surface area contributed by atoms with Gasteiger partial charge in [0.2, 0.25) is 0 Å². The molecule has 5 heteroatoms. The minimum absolute atomic E-state index is 0.0756. The Morgan fingerprint density at radius 1 is 1.21 bits per heavy atom. The predicted molar refractivity (Wildman–Crippen MR) is 82.6 cm³/mol. The Bertz CT molecular complexity index is 632. The Labute approximate surface area is 128 Å².